The van der Waals surface area contributed by atoms with Crippen LogP contribution in [-0.4, -0.2) is 43.3 Å². The lowest BCUT2D eigenvalue weighted by Crippen LogP contribution is -2.45. The Bertz CT molecular complexity index is 1430. The van der Waals surface area contributed by atoms with Crippen molar-refractivity contribution < 1.29 is 18.8 Å². The molecule has 0 saturated heterocycles. The number of halogens is 1. The highest BCUT2D eigenvalue weighted by molar-refractivity contribution is 6.23. The van der Waals surface area contributed by atoms with Gasteiger partial charge in [0.2, 0.25) is 11.9 Å². The summed E-state index contributed by atoms with van der Waals surface area (Å²) in [7, 11) is 0. The molecule has 4 aromatic rings. The van der Waals surface area contributed by atoms with Crippen molar-refractivity contribution in [1.82, 2.24) is 19.5 Å². The summed E-state index contributed by atoms with van der Waals surface area (Å²) in [5.74, 6) is -1.95. The second-order valence-corrected chi connectivity index (χ2v) is 7.81. The number of imide groups is 1. The minimum absolute atomic E-state index is 0.0246. The number of nitrogens with zero attached hydrogens (tertiary/aromatic N) is 4. The fourth-order valence-corrected chi connectivity index (χ4v) is 3.89. The maximum atomic E-state index is 13.7. The van der Waals surface area contributed by atoms with Gasteiger partial charge in [-0.05, 0) is 61.4 Å². The van der Waals surface area contributed by atoms with Crippen LogP contribution in [0.3, 0.4) is 0 Å². The number of carbonyl (C=O) groups is 3. The van der Waals surface area contributed by atoms with Gasteiger partial charge in [0, 0.05) is 11.8 Å². The van der Waals surface area contributed by atoms with Gasteiger partial charge in [-0.25, -0.2) is 8.91 Å². The average Bonchev–Trinajstić information content (AvgIpc) is 3.32. The molecule has 9 heteroatoms. The number of amides is 3. The lowest BCUT2D eigenvalue weighted by molar-refractivity contribution is -0.119. The molecule has 33 heavy (non-hydrogen) atoms. The van der Waals surface area contributed by atoms with Crippen LogP contribution in [-0.2, 0) is 4.79 Å². The zero-order valence-electron chi connectivity index (χ0n) is 17.7. The summed E-state index contributed by atoms with van der Waals surface area (Å²) in [4.78, 5) is 43.3. The van der Waals surface area contributed by atoms with E-state index in [1.165, 1.54) is 23.6 Å². The van der Waals surface area contributed by atoms with E-state index >= 15 is 0 Å². The SMILES string of the molecule is Cc1ccc(F)cc1-c1ccc2nc(NC(=O)[C@H](C)N3C(=O)c4ccccc4C3=O)nn2c1. The van der Waals surface area contributed by atoms with Gasteiger partial charge in [0.05, 0.1) is 11.1 Å². The number of nitrogens with one attached hydrogen (secondary N) is 1. The Morgan fingerprint density at radius 3 is 2.39 bits per heavy atom. The summed E-state index contributed by atoms with van der Waals surface area (Å²) < 4.78 is 15.2. The Morgan fingerprint density at radius 1 is 1.00 bits per heavy atom. The highest BCUT2D eigenvalue weighted by Gasteiger charge is 2.40. The normalized spacial score (nSPS) is 14.0. The molecule has 1 N–H and O–H groups in total. The minimum Gasteiger partial charge on any atom is -0.291 e. The van der Waals surface area contributed by atoms with Gasteiger partial charge in [0.15, 0.2) is 5.65 Å². The number of benzene rings is 2. The van der Waals surface area contributed by atoms with E-state index in [9.17, 15) is 18.8 Å². The zero-order valence-corrected chi connectivity index (χ0v) is 17.7. The summed E-state index contributed by atoms with van der Waals surface area (Å²) in [6.07, 6.45) is 1.69. The molecule has 3 heterocycles. The predicted octanol–water partition coefficient (Wildman–Crippen LogP) is 3.47. The smallest absolute Gasteiger partial charge is 0.262 e. The van der Waals surface area contributed by atoms with Crippen molar-refractivity contribution in [2.45, 2.75) is 19.9 Å². The minimum atomic E-state index is -1.06. The summed E-state index contributed by atoms with van der Waals surface area (Å²) >= 11 is 0. The van der Waals surface area contributed by atoms with E-state index in [-0.39, 0.29) is 22.9 Å². The lowest BCUT2D eigenvalue weighted by Gasteiger charge is -2.20. The number of aryl methyl sites for hydroxylation is 1. The number of hydrogen-bond acceptors (Lipinski definition) is 5. The summed E-state index contributed by atoms with van der Waals surface area (Å²) in [6.45, 7) is 3.35. The molecule has 0 bridgehead atoms. The Labute approximate surface area is 187 Å². The topological polar surface area (TPSA) is 96.7 Å². The van der Waals surface area contributed by atoms with Crippen LogP contribution in [0.1, 0.15) is 33.2 Å². The quantitative estimate of drug-likeness (QED) is 0.487. The Morgan fingerprint density at radius 2 is 1.70 bits per heavy atom. The van der Waals surface area contributed by atoms with Gasteiger partial charge < -0.3 is 0 Å². The van der Waals surface area contributed by atoms with Gasteiger partial charge in [-0.3, -0.25) is 24.6 Å². The third-order valence-electron chi connectivity index (χ3n) is 5.67. The van der Waals surface area contributed by atoms with Crippen LogP contribution < -0.4 is 5.32 Å². The largest absolute Gasteiger partial charge is 0.291 e. The molecule has 8 nitrogen and oxygen atoms in total. The first-order valence-electron chi connectivity index (χ1n) is 10.2. The predicted molar refractivity (Wildman–Crippen MR) is 118 cm³/mol. The number of aromatic nitrogens is 3. The molecule has 0 radical (unpaired) electrons. The van der Waals surface area contributed by atoms with Gasteiger partial charge in [0.1, 0.15) is 11.9 Å². The third kappa shape index (κ3) is 3.43. The molecule has 1 aliphatic heterocycles. The number of carbonyl (C=O) groups excluding carboxylic acids is 3. The maximum absolute atomic E-state index is 13.7. The van der Waals surface area contributed by atoms with Crippen LogP contribution >= 0.6 is 0 Å². The first-order chi connectivity index (χ1) is 15.8. The molecule has 1 aliphatic rings. The van der Waals surface area contributed by atoms with Crippen molar-refractivity contribution in [2.24, 2.45) is 0 Å². The van der Waals surface area contributed by atoms with E-state index in [1.54, 1.807) is 48.7 Å². The number of fused-ring (bicyclic) bond motifs is 2. The van der Waals surface area contributed by atoms with Crippen LogP contribution in [0.4, 0.5) is 10.3 Å². The second-order valence-electron chi connectivity index (χ2n) is 7.81. The van der Waals surface area contributed by atoms with Crippen molar-refractivity contribution in [3.05, 3.63) is 83.3 Å². The van der Waals surface area contributed by atoms with Crippen molar-refractivity contribution in [2.75, 3.05) is 5.32 Å². The van der Waals surface area contributed by atoms with Gasteiger partial charge in [-0.1, -0.05) is 18.2 Å². The van der Waals surface area contributed by atoms with Crippen LogP contribution in [0.5, 0.6) is 0 Å². The monoisotopic (exact) mass is 443 g/mol. The van der Waals surface area contributed by atoms with E-state index < -0.39 is 23.8 Å². The molecule has 0 aliphatic carbocycles. The molecule has 3 amide bonds. The number of hydrogen-bond donors (Lipinski definition) is 1. The summed E-state index contributed by atoms with van der Waals surface area (Å²) in [6, 6.07) is 13.4. The molecule has 1 atom stereocenters. The van der Waals surface area contributed by atoms with Crippen LogP contribution in [0.25, 0.3) is 16.8 Å². The highest BCUT2D eigenvalue weighted by atomic mass is 19.1. The lowest BCUT2D eigenvalue weighted by atomic mass is 10.0. The van der Waals surface area contributed by atoms with Gasteiger partial charge in [-0.15, -0.1) is 5.10 Å². The van der Waals surface area contributed by atoms with Crippen molar-refractivity contribution in [1.29, 1.82) is 0 Å². The standard InChI is InChI=1S/C24H18FN5O3/c1-13-7-9-16(25)11-19(13)15-8-10-20-26-24(28-29(20)12-15)27-21(31)14(2)30-22(32)17-5-3-4-6-18(17)23(30)33/h3-12,14H,1-2H3,(H,27,28,31)/t14-/m0/s1. The molecule has 0 unspecified atom stereocenters. The second kappa shape index (κ2) is 7.63. The van der Waals surface area contributed by atoms with Crippen LogP contribution in [0.15, 0.2) is 60.8 Å². The zero-order chi connectivity index (χ0) is 23.3. The first kappa shape index (κ1) is 20.5. The molecule has 5 rings (SSSR count). The van der Waals surface area contributed by atoms with E-state index in [4.69, 9.17) is 0 Å². The van der Waals surface area contributed by atoms with Crippen LogP contribution in [0.2, 0.25) is 0 Å². The highest BCUT2D eigenvalue weighted by Crippen LogP contribution is 2.26. The van der Waals surface area contributed by atoms with E-state index in [0.29, 0.717) is 5.65 Å². The van der Waals surface area contributed by atoms with Crippen molar-refractivity contribution in [3.8, 4) is 11.1 Å². The average molecular weight is 443 g/mol. The molecule has 164 valence electrons. The molecule has 2 aromatic heterocycles. The molecule has 0 spiro atoms. The fraction of sp³-hybridized carbons (Fsp3) is 0.125. The maximum Gasteiger partial charge on any atom is 0.262 e. The number of anilines is 1. The summed E-state index contributed by atoms with van der Waals surface area (Å²) in [5, 5.41) is 6.84. The Balaban J connectivity index is 1.38. The van der Waals surface area contributed by atoms with Crippen molar-refractivity contribution >= 4 is 29.3 Å². The van der Waals surface area contributed by atoms with E-state index in [0.717, 1.165) is 21.6 Å². The van der Waals surface area contributed by atoms with Gasteiger partial charge in [-0.2, -0.15) is 4.98 Å². The number of rotatable bonds is 4. The van der Waals surface area contributed by atoms with Crippen molar-refractivity contribution in [3.63, 3.8) is 0 Å². The Kier molecular flexibility index (Phi) is 4.74. The number of pyridine rings is 1. The van der Waals surface area contributed by atoms with E-state index in [1.807, 2.05) is 6.92 Å². The van der Waals surface area contributed by atoms with Gasteiger partial charge >= 0.3 is 0 Å². The molecular weight excluding hydrogens is 425 g/mol. The summed E-state index contributed by atoms with van der Waals surface area (Å²) in [5.41, 5.74) is 3.37. The van der Waals surface area contributed by atoms with E-state index in [2.05, 4.69) is 15.4 Å². The van der Waals surface area contributed by atoms with Gasteiger partial charge in [0.25, 0.3) is 11.8 Å². The molecular formula is C24H18FN5O3. The van der Waals surface area contributed by atoms with Crippen LogP contribution in [0, 0.1) is 12.7 Å². The Hall–Kier alpha value is -4.40. The third-order valence-corrected chi connectivity index (χ3v) is 5.67. The molecule has 0 saturated carbocycles. The molecule has 2 aromatic carbocycles. The molecule has 0 fully saturated rings. The fourth-order valence-electron chi connectivity index (χ4n) is 3.89. The first-order valence-corrected chi connectivity index (χ1v) is 10.2.